The number of carboxylic acid groups (broad SMARTS) is 1. The maximum atomic E-state index is 12.0. The van der Waals surface area contributed by atoms with E-state index in [4.69, 9.17) is 5.11 Å². The minimum absolute atomic E-state index is 0.0829. The molecule has 7 nitrogen and oxygen atoms in total. The Morgan fingerprint density at radius 3 is 2.55 bits per heavy atom. The normalized spacial score (nSPS) is 19.6. The summed E-state index contributed by atoms with van der Waals surface area (Å²) in [6.45, 7) is 7.39. The highest BCUT2D eigenvalue weighted by atomic mass is 16.4. The zero-order valence-electron chi connectivity index (χ0n) is 13.6. The maximum absolute atomic E-state index is 12.0. The van der Waals surface area contributed by atoms with Crippen molar-refractivity contribution in [2.45, 2.75) is 46.1 Å². The van der Waals surface area contributed by atoms with E-state index in [1.165, 1.54) is 6.92 Å². The first kappa shape index (κ1) is 18.3. The van der Waals surface area contributed by atoms with Gasteiger partial charge in [-0.2, -0.15) is 0 Å². The Bertz CT molecular complexity index is 412. The number of carbonyl (C=O) groups excluding carboxylic acids is 2. The molecule has 126 valence electrons. The fraction of sp³-hybridized carbons (Fsp3) is 0.800. The van der Waals surface area contributed by atoms with Gasteiger partial charge in [0.15, 0.2) is 0 Å². The predicted molar refractivity (Wildman–Crippen MR) is 82.4 cm³/mol. The van der Waals surface area contributed by atoms with Crippen LogP contribution in [0.5, 0.6) is 0 Å². The highest BCUT2D eigenvalue weighted by Crippen LogP contribution is 2.19. The van der Waals surface area contributed by atoms with Crippen LogP contribution in [0.1, 0.15) is 40.0 Å². The van der Waals surface area contributed by atoms with Gasteiger partial charge in [-0.1, -0.05) is 13.8 Å². The first-order valence-electron chi connectivity index (χ1n) is 7.84. The lowest BCUT2D eigenvalue weighted by Crippen LogP contribution is -2.47. The fourth-order valence-corrected chi connectivity index (χ4v) is 2.44. The number of amides is 3. The van der Waals surface area contributed by atoms with Crippen molar-refractivity contribution in [3.05, 3.63) is 0 Å². The quantitative estimate of drug-likeness (QED) is 0.682. The van der Waals surface area contributed by atoms with E-state index in [0.717, 1.165) is 12.8 Å². The Morgan fingerprint density at radius 1 is 1.27 bits per heavy atom. The smallest absolute Gasteiger partial charge is 0.325 e. The molecule has 0 aliphatic carbocycles. The van der Waals surface area contributed by atoms with E-state index in [0.29, 0.717) is 25.6 Å². The minimum Gasteiger partial charge on any atom is -0.480 e. The van der Waals surface area contributed by atoms with Gasteiger partial charge in [-0.15, -0.1) is 0 Å². The van der Waals surface area contributed by atoms with Crippen molar-refractivity contribution in [1.29, 1.82) is 0 Å². The van der Waals surface area contributed by atoms with Crippen LogP contribution in [0.25, 0.3) is 0 Å². The standard InChI is InChI=1S/C15H27N3O4/c1-10(2)8-16-15(22)18-6-4-5-12(9-18)7-13(19)17-11(3)14(20)21/h10-12H,4-9H2,1-3H3,(H,16,22)(H,17,19)(H,20,21)/t11-,12?/m1/s1. The molecule has 1 saturated heterocycles. The number of hydrogen-bond acceptors (Lipinski definition) is 3. The van der Waals surface area contributed by atoms with Crippen LogP contribution in [-0.2, 0) is 9.59 Å². The number of likely N-dealkylation sites (tertiary alicyclic amines) is 1. The van der Waals surface area contributed by atoms with E-state index in [9.17, 15) is 14.4 Å². The second-order valence-corrected chi connectivity index (χ2v) is 6.37. The maximum Gasteiger partial charge on any atom is 0.325 e. The SMILES string of the molecule is CC(C)CNC(=O)N1CCCC(CC(=O)N[C@H](C)C(=O)O)C1. The largest absolute Gasteiger partial charge is 0.480 e. The van der Waals surface area contributed by atoms with E-state index in [2.05, 4.69) is 10.6 Å². The van der Waals surface area contributed by atoms with Crippen molar-refractivity contribution in [3.8, 4) is 0 Å². The number of aliphatic carboxylic acids is 1. The Kier molecular flexibility index (Phi) is 7.14. The molecule has 3 N–H and O–H groups in total. The van der Waals surface area contributed by atoms with Gasteiger partial charge in [0.05, 0.1) is 0 Å². The lowest BCUT2D eigenvalue weighted by atomic mass is 9.94. The molecule has 0 spiro atoms. The Hall–Kier alpha value is -1.79. The summed E-state index contributed by atoms with van der Waals surface area (Å²) in [5, 5.41) is 14.1. The van der Waals surface area contributed by atoms with Crippen molar-refractivity contribution in [3.63, 3.8) is 0 Å². The highest BCUT2D eigenvalue weighted by molar-refractivity contribution is 5.83. The molecule has 1 aliphatic heterocycles. The second kappa shape index (κ2) is 8.60. The van der Waals surface area contributed by atoms with Gasteiger partial charge in [0, 0.05) is 26.1 Å². The third-order valence-electron chi connectivity index (χ3n) is 3.69. The van der Waals surface area contributed by atoms with Crippen molar-refractivity contribution in [1.82, 2.24) is 15.5 Å². The summed E-state index contributed by atoms with van der Waals surface area (Å²) in [6, 6.07) is -0.973. The van der Waals surface area contributed by atoms with Gasteiger partial charge in [0.25, 0.3) is 0 Å². The molecule has 0 bridgehead atoms. The number of urea groups is 1. The summed E-state index contributed by atoms with van der Waals surface area (Å²) in [5.74, 6) is -0.844. The first-order chi connectivity index (χ1) is 10.3. The molecule has 22 heavy (non-hydrogen) atoms. The molecule has 1 rings (SSSR count). The number of carbonyl (C=O) groups is 3. The van der Waals surface area contributed by atoms with Crippen LogP contribution in [0, 0.1) is 11.8 Å². The fourth-order valence-electron chi connectivity index (χ4n) is 2.44. The van der Waals surface area contributed by atoms with Crippen LogP contribution >= 0.6 is 0 Å². The average Bonchev–Trinajstić information content (AvgIpc) is 2.44. The van der Waals surface area contributed by atoms with Crippen LogP contribution < -0.4 is 10.6 Å². The van der Waals surface area contributed by atoms with Crippen LogP contribution in [-0.4, -0.2) is 53.6 Å². The van der Waals surface area contributed by atoms with E-state index < -0.39 is 12.0 Å². The summed E-state index contributed by atoms with van der Waals surface area (Å²) >= 11 is 0. The Morgan fingerprint density at radius 2 is 1.95 bits per heavy atom. The molecule has 0 saturated carbocycles. The molecular formula is C15H27N3O4. The van der Waals surface area contributed by atoms with Gasteiger partial charge in [-0.25, -0.2) is 4.79 Å². The van der Waals surface area contributed by atoms with Gasteiger partial charge in [0.1, 0.15) is 6.04 Å². The molecule has 1 heterocycles. The van der Waals surface area contributed by atoms with Gasteiger partial charge in [-0.3, -0.25) is 9.59 Å². The molecule has 2 atom stereocenters. The number of nitrogens with zero attached hydrogens (tertiary/aromatic N) is 1. The van der Waals surface area contributed by atoms with Gasteiger partial charge >= 0.3 is 12.0 Å². The third-order valence-corrected chi connectivity index (χ3v) is 3.69. The Labute approximate surface area is 131 Å². The predicted octanol–water partition coefficient (Wildman–Crippen LogP) is 1.04. The van der Waals surface area contributed by atoms with E-state index in [1.807, 2.05) is 13.8 Å². The van der Waals surface area contributed by atoms with E-state index in [-0.39, 0.29) is 24.3 Å². The van der Waals surface area contributed by atoms with Crippen molar-refractivity contribution < 1.29 is 19.5 Å². The van der Waals surface area contributed by atoms with Gasteiger partial charge < -0.3 is 20.6 Å². The van der Waals surface area contributed by atoms with Crippen LogP contribution in [0.3, 0.4) is 0 Å². The molecule has 0 aromatic heterocycles. The molecule has 0 aromatic carbocycles. The summed E-state index contributed by atoms with van der Waals surface area (Å²) in [7, 11) is 0. The monoisotopic (exact) mass is 313 g/mol. The molecule has 1 unspecified atom stereocenters. The van der Waals surface area contributed by atoms with E-state index >= 15 is 0 Å². The summed E-state index contributed by atoms with van der Waals surface area (Å²) in [6.07, 6.45) is 2.00. The highest BCUT2D eigenvalue weighted by Gasteiger charge is 2.26. The molecule has 3 amide bonds. The second-order valence-electron chi connectivity index (χ2n) is 6.37. The zero-order valence-corrected chi connectivity index (χ0v) is 13.6. The molecule has 7 heteroatoms. The molecule has 0 radical (unpaired) electrons. The number of carboxylic acids is 1. The molecule has 1 fully saturated rings. The van der Waals surface area contributed by atoms with Crippen LogP contribution in [0.15, 0.2) is 0 Å². The molecule has 0 aromatic rings. The molecule has 1 aliphatic rings. The Balaban J connectivity index is 2.41. The number of rotatable bonds is 6. The van der Waals surface area contributed by atoms with Crippen LogP contribution in [0.2, 0.25) is 0 Å². The van der Waals surface area contributed by atoms with Crippen molar-refractivity contribution in [2.24, 2.45) is 11.8 Å². The van der Waals surface area contributed by atoms with Crippen LogP contribution in [0.4, 0.5) is 4.79 Å². The van der Waals surface area contributed by atoms with E-state index in [1.54, 1.807) is 4.90 Å². The van der Waals surface area contributed by atoms with Gasteiger partial charge in [0.2, 0.25) is 5.91 Å². The molecular weight excluding hydrogens is 286 g/mol. The van der Waals surface area contributed by atoms with Crippen molar-refractivity contribution >= 4 is 17.9 Å². The third kappa shape index (κ3) is 6.32. The summed E-state index contributed by atoms with van der Waals surface area (Å²) in [5.41, 5.74) is 0. The topological polar surface area (TPSA) is 98.7 Å². The zero-order chi connectivity index (χ0) is 16.7. The number of hydrogen-bond donors (Lipinski definition) is 3. The van der Waals surface area contributed by atoms with Gasteiger partial charge in [-0.05, 0) is 31.6 Å². The lowest BCUT2D eigenvalue weighted by Gasteiger charge is -2.32. The van der Waals surface area contributed by atoms with Crippen molar-refractivity contribution in [2.75, 3.05) is 19.6 Å². The summed E-state index contributed by atoms with van der Waals surface area (Å²) < 4.78 is 0. The lowest BCUT2D eigenvalue weighted by molar-refractivity contribution is -0.141. The summed E-state index contributed by atoms with van der Waals surface area (Å²) in [4.78, 5) is 36.3. The average molecular weight is 313 g/mol. The first-order valence-corrected chi connectivity index (χ1v) is 7.84. The minimum atomic E-state index is -1.05. The number of piperidine rings is 1. The number of nitrogens with one attached hydrogen (secondary N) is 2.